The van der Waals surface area contributed by atoms with E-state index in [1.807, 2.05) is 61.5 Å². The quantitative estimate of drug-likeness (QED) is 0.457. The second kappa shape index (κ2) is 9.26. The van der Waals surface area contributed by atoms with Gasteiger partial charge in [0.15, 0.2) is 5.82 Å². The zero-order valence-electron chi connectivity index (χ0n) is 17.7. The standard InChI is InChI=1S/C25H24N4O2/c1-17-13-23(29-25(27-17)20-9-6-12-26-16-20)28-24(18-7-4-10-21(14-18)30-2)19-8-5-11-22(15-19)31-3/h4-16,24H,1-3H3,(H,27,28,29). The van der Waals surface area contributed by atoms with Gasteiger partial charge in [0.05, 0.1) is 20.3 Å². The molecule has 0 aliphatic carbocycles. The van der Waals surface area contributed by atoms with Crippen LogP contribution < -0.4 is 14.8 Å². The van der Waals surface area contributed by atoms with Crippen LogP contribution in [0.15, 0.2) is 79.1 Å². The third-order valence-electron chi connectivity index (χ3n) is 4.92. The Morgan fingerprint density at radius 2 is 1.48 bits per heavy atom. The number of aromatic nitrogens is 3. The predicted molar refractivity (Wildman–Crippen MR) is 121 cm³/mol. The molecule has 0 saturated heterocycles. The first kappa shape index (κ1) is 20.3. The summed E-state index contributed by atoms with van der Waals surface area (Å²) in [5.74, 6) is 2.94. The minimum Gasteiger partial charge on any atom is -0.497 e. The molecule has 0 atom stereocenters. The fraction of sp³-hybridized carbons (Fsp3) is 0.160. The molecule has 0 aliphatic heterocycles. The Morgan fingerprint density at radius 1 is 0.806 bits per heavy atom. The topological polar surface area (TPSA) is 69.2 Å². The van der Waals surface area contributed by atoms with Crippen LogP contribution in [0.3, 0.4) is 0 Å². The van der Waals surface area contributed by atoms with E-state index in [0.717, 1.165) is 39.7 Å². The van der Waals surface area contributed by atoms with Crippen molar-refractivity contribution in [3.05, 3.63) is 95.9 Å². The second-order valence-corrected chi connectivity index (χ2v) is 7.09. The lowest BCUT2D eigenvalue weighted by Gasteiger charge is -2.22. The van der Waals surface area contributed by atoms with Crippen LogP contribution in [0.25, 0.3) is 11.4 Å². The van der Waals surface area contributed by atoms with Crippen molar-refractivity contribution in [3.8, 4) is 22.9 Å². The fourth-order valence-electron chi connectivity index (χ4n) is 3.42. The van der Waals surface area contributed by atoms with Gasteiger partial charge in [-0.15, -0.1) is 0 Å². The van der Waals surface area contributed by atoms with E-state index in [1.54, 1.807) is 26.6 Å². The Hall–Kier alpha value is -3.93. The molecule has 0 radical (unpaired) electrons. The van der Waals surface area contributed by atoms with E-state index >= 15 is 0 Å². The Morgan fingerprint density at radius 3 is 2.06 bits per heavy atom. The highest BCUT2D eigenvalue weighted by atomic mass is 16.5. The summed E-state index contributed by atoms with van der Waals surface area (Å²) in [5, 5.41) is 3.58. The summed E-state index contributed by atoms with van der Waals surface area (Å²) in [6, 6.07) is 21.6. The maximum absolute atomic E-state index is 5.45. The highest BCUT2D eigenvalue weighted by Gasteiger charge is 2.17. The lowest BCUT2D eigenvalue weighted by molar-refractivity contribution is 0.413. The van der Waals surface area contributed by atoms with Gasteiger partial charge in [0.1, 0.15) is 17.3 Å². The molecule has 31 heavy (non-hydrogen) atoms. The highest BCUT2D eigenvalue weighted by molar-refractivity contribution is 5.57. The number of anilines is 1. The molecule has 2 heterocycles. The number of methoxy groups -OCH3 is 2. The average Bonchev–Trinajstić information content (AvgIpc) is 2.83. The number of pyridine rings is 1. The van der Waals surface area contributed by atoms with Gasteiger partial charge in [-0.1, -0.05) is 24.3 Å². The van der Waals surface area contributed by atoms with E-state index in [4.69, 9.17) is 14.5 Å². The molecular formula is C25H24N4O2. The molecule has 6 heteroatoms. The van der Waals surface area contributed by atoms with Crippen LogP contribution in [0.1, 0.15) is 22.9 Å². The Balaban J connectivity index is 1.76. The SMILES string of the molecule is COc1cccc(C(Nc2cc(C)nc(-c3cccnc3)n2)c2cccc(OC)c2)c1. The Bertz CT molecular complexity index is 1120. The zero-order valence-corrected chi connectivity index (χ0v) is 17.7. The summed E-state index contributed by atoms with van der Waals surface area (Å²) in [4.78, 5) is 13.5. The first-order chi connectivity index (χ1) is 15.2. The van der Waals surface area contributed by atoms with Crippen molar-refractivity contribution in [1.82, 2.24) is 15.0 Å². The summed E-state index contributed by atoms with van der Waals surface area (Å²) in [5.41, 5.74) is 3.83. The van der Waals surface area contributed by atoms with Crippen LogP contribution in [0.5, 0.6) is 11.5 Å². The van der Waals surface area contributed by atoms with Crippen molar-refractivity contribution in [2.45, 2.75) is 13.0 Å². The molecule has 1 N–H and O–H groups in total. The number of nitrogens with zero attached hydrogens (tertiary/aromatic N) is 3. The van der Waals surface area contributed by atoms with E-state index in [-0.39, 0.29) is 6.04 Å². The summed E-state index contributed by atoms with van der Waals surface area (Å²) < 4.78 is 10.9. The third-order valence-corrected chi connectivity index (χ3v) is 4.92. The van der Waals surface area contributed by atoms with Crippen LogP contribution in [-0.4, -0.2) is 29.2 Å². The van der Waals surface area contributed by atoms with Crippen LogP contribution in [0, 0.1) is 6.92 Å². The van der Waals surface area contributed by atoms with Gasteiger partial charge < -0.3 is 14.8 Å². The van der Waals surface area contributed by atoms with Gasteiger partial charge in [-0.25, -0.2) is 9.97 Å². The first-order valence-corrected chi connectivity index (χ1v) is 9.97. The van der Waals surface area contributed by atoms with Crippen molar-refractivity contribution in [3.63, 3.8) is 0 Å². The van der Waals surface area contributed by atoms with Crippen molar-refractivity contribution in [2.75, 3.05) is 19.5 Å². The molecule has 0 bridgehead atoms. The molecule has 2 aromatic heterocycles. The van der Waals surface area contributed by atoms with Crippen molar-refractivity contribution in [2.24, 2.45) is 0 Å². The van der Waals surface area contributed by atoms with E-state index in [1.165, 1.54) is 0 Å². The molecule has 0 saturated carbocycles. The number of hydrogen-bond acceptors (Lipinski definition) is 6. The molecule has 0 aliphatic rings. The predicted octanol–water partition coefficient (Wildman–Crippen LogP) is 5.07. The van der Waals surface area contributed by atoms with Gasteiger partial charge >= 0.3 is 0 Å². The molecular weight excluding hydrogens is 388 g/mol. The Kier molecular flexibility index (Phi) is 6.08. The van der Waals surface area contributed by atoms with Gasteiger partial charge in [-0.3, -0.25) is 4.98 Å². The van der Waals surface area contributed by atoms with Gasteiger partial charge in [0.2, 0.25) is 0 Å². The molecule has 0 unspecified atom stereocenters. The highest BCUT2D eigenvalue weighted by Crippen LogP contribution is 2.31. The number of ether oxygens (including phenoxy) is 2. The van der Waals surface area contributed by atoms with E-state index in [2.05, 4.69) is 27.4 Å². The number of nitrogens with one attached hydrogen (secondary N) is 1. The minimum absolute atomic E-state index is 0.166. The van der Waals surface area contributed by atoms with Crippen LogP contribution in [0.2, 0.25) is 0 Å². The largest absolute Gasteiger partial charge is 0.497 e. The fourth-order valence-corrected chi connectivity index (χ4v) is 3.42. The number of hydrogen-bond donors (Lipinski definition) is 1. The maximum atomic E-state index is 5.45. The lowest BCUT2D eigenvalue weighted by Crippen LogP contribution is -2.14. The molecule has 0 spiro atoms. The lowest BCUT2D eigenvalue weighted by atomic mass is 9.98. The van der Waals surface area contributed by atoms with Gasteiger partial charge in [-0.2, -0.15) is 0 Å². The monoisotopic (exact) mass is 412 g/mol. The number of benzene rings is 2. The summed E-state index contributed by atoms with van der Waals surface area (Å²) in [7, 11) is 3.34. The molecule has 4 aromatic rings. The van der Waals surface area contributed by atoms with E-state index in [9.17, 15) is 0 Å². The summed E-state index contributed by atoms with van der Waals surface area (Å²) >= 11 is 0. The normalized spacial score (nSPS) is 10.7. The van der Waals surface area contributed by atoms with E-state index < -0.39 is 0 Å². The first-order valence-electron chi connectivity index (χ1n) is 9.97. The number of aryl methyl sites for hydroxylation is 1. The van der Waals surface area contributed by atoms with Crippen molar-refractivity contribution in [1.29, 1.82) is 0 Å². The summed E-state index contributed by atoms with van der Waals surface area (Å²) in [6.45, 7) is 1.96. The van der Waals surface area contributed by atoms with Crippen LogP contribution in [-0.2, 0) is 0 Å². The molecule has 6 nitrogen and oxygen atoms in total. The Labute approximate surface area is 181 Å². The smallest absolute Gasteiger partial charge is 0.163 e. The van der Waals surface area contributed by atoms with Crippen LogP contribution >= 0.6 is 0 Å². The summed E-state index contributed by atoms with van der Waals surface area (Å²) in [6.07, 6.45) is 3.50. The van der Waals surface area contributed by atoms with Gasteiger partial charge in [-0.05, 0) is 54.4 Å². The molecule has 156 valence electrons. The van der Waals surface area contributed by atoms with Crippen LogP contribution in [0.4, 0.5) is 5.82 Å². The molecule has 0 amide bonds. The second-order valence-electron chi connectivity index (χ2n) is 7.09. The molecule has 4 rings (SSSR count). The van der Waals surface area contributed by atoms with Crippen molar-refractivity contribution >= 4 is 5.82 Å². The van der Waals surface area contributed by atoms with Gasteiger partial charge in [0.25, 0.3) is 0 Å². The molecule has 2 aromatic carbocycles. The minimum atomic E-state index is -0.166. The zero-order chi connectivity index (χ0) is 21.6. The number of rotatable bonds is 7. The average molecular weight is 412 g/mol. The van der Waals surface area contributed by atoms with E-state index in [0.29, 0.717) is 5.82 Å². The molecule has 0 fully saturated rings. The van der Waals surface area contributed by atoms with Crippen molar-refractivity contribution < 1.29 is 9.47 Å². The maximum Gasteiger partial charge on any atom is 0.163 e. The third kappa shape index (κ3) is 4.80. The van der Waals surface area contributed by atoms with Gasteiger partial charge in [0, 0.05) is 29.7 Å².